The van der Waals surface area contributed by atoms with Crippen LogP contribution < -0.4 is 4.90 Å². The normalized spacial score (nSPS) is 11.9. The molecule has 0 amide bonds. The average Bonchev–Trinajstić information content (AvgIpc) is 3.75. The molecule has 2 aromatic heterocycles. The average molecular weight is 668 g/mol. The maximum Gasteiger partial charge on any atom is 0.159 e. The molecule has 0 atom stereocenters. The van der Waals surface area contributed by atoms with Crippen LogP contribution in [-0.2, 0) is 0 Å². The Labute approximate surface area is 298 Å². The zero-order valence-corrected chi connectivity index (χ0v) is 28.3. The Kier molecular flexibility index (Phi) is 6.16. The van der Waals surface area contributed by atoms with Crippen LogP contribution in [0.3, 0.4) is 0 Å². The van der Waals surface area contributed by atoms with Gasteiger partial charge in [-0.1, -0.05) is 121 Å². The molecule has 0 saturated heterocycles. The van der Waals surface area contributed by atoms with Gasteiger partial charge in [-0.25, -0.2) is 0 Å². The van der Waals surface area contributed by atoms with E-state index < -0.39 is 0 Å². The first-order valence-corrected chi connectivity index (χ1v) is 18.1. The lowest BCUT2D eigenvalue weighted by molar-refractivity contribution is 0.669. The van der Waals surface area contributed by atoms with Gasteiger partial charge in [-0.15, -0.1) is 11.3 Å². The van der Waals surface area contributed by atoms with Crippen molar-refractivity contribution >= 4 is 103 Å². The number of hydrogen-bond donors (Lipinski definition) is 0. The van der Waals surface area contributed by atoms with Gasteiger partial charge in [-0.05, 0) is 92.7 Å². The third-order valence-electron chi connectivity index (χ3n) is 10.4. The summed E-state index contributed by atoms with van der Waals surface area (Å²) < 4.78 is 9.47. The third kappa shape index (κ3) is 4.42. The molecular formula is C48H29NOS. The molecule has 2 heterocycles. The predicted molar refractivity (Wildman–Crippen MR) is 219 cm³/mol. The van der Waals surface area contributed by atoms with Gasteiger partial charge < -0.3 is 9.32 Å². The Balaban J connectivity index is 1.13. The van der Waals surface area contributed by atoms with E-state index in [1.54, 1.807) is 0 Å². The first-order valence-electron chi connectivity index (χ1n) is 17.3. The minimum Gasteiger partial charge on any atom is -0.454 e. The van der Waals surface area contributed by atoms with Gasteiger partial charge in [0.1, 0.15) is 5.58 Å². The standard InChI is InChI=1S/C48H29NOS/c1-2-11-33-27-36(20-19-30(33)9-1)31-21-23-37(24-22-31)49(42-17-7-14-32-10-5-6-15-38(32)42)43-18-8-16-40-46-44(50-47(40)43)26-25-39-41-28-34-12-3-4-13-35(34)29-45(41)51-48(39)46/h1-29H. The van der Waals surface area contributed by atoms with Crippen molar-refractivity contribution in [2.24, 2.45) is 0 Å². The van der Waals surface area contributed by atoms with E-state index in [4.69, 9.17) is 4.42 Å². The second-order valence-corrected chi connectivity index (χ2v) is 14.4. The van der Waals surface area contributed by atoms with E-state index in [0.29, 0.717) is 0 Å². The summed E-state index contributed by atoms with van der Waals surface area (Å²) in [5.41, 5.74) is 7.37. The van der Waals surface area contributed by atoms with Crippen molar-refractivity contribution in [3.63, 3.8) is 0 Å². The van der Waals surface area contributed by atoms with Crippen molar-refractivity contribution in [3.8, 4) is 11.1 Å². The van der Waals surface area contributed by atoms with Crippen molar-refractivity contribution in [1.29, 1.82) is 0 Å². The highest BCUT2D eigenvalue weighted by Crippen LogP contribution is 2.48. The van der Waals surface area contributed by atoms with Gasteiger partial charge in [0, 0.05) is 42.0 Å². The van der Waals surface area contributed by atoms with Crippen LogP contribution >= 0.6 is 11.3 Å². The Morgan fingerprint density at radius 3 is 1.90 bits per heavy atom. The minimum absolute atomic E-state index is 0.883. The molecule has 238 valence electrons. The molecule has 0 aliphatic rings. The molecule has 3 heteroatoms. The fourth-order valence-corrected chi connectivity index (χ4v) is 9.23. The zero-order chi connectivity index (χ0) is 33.5. The lowest BCUT2D eigenvalue weighted by Gasteiger charge is -2.27. The van der Waals surface area contributed by atoms with Gasteiger partial charge in [-0.2, -0.15) is 0 Å². The Morgan fingerprint density at radius 1 is 0.412 bits per heavy atom. The molecule has 11 aromatic rings. The number of hydrogen-bond acceptors (Lipinski definition) is 3. The van der Waals surface area contributed by atoms with Gasteiger partial charge >= 0.3 is 0 Å². The van der Waals surface area contributed by atoms with Gasteiger partial charge in [0.05, 0.1) is 11.4 Å². The van der Waals surface area contributed by atoms with Gasteiger partial charge in [0.15, 0.2) is 5.58 Å². The predicted octanol–water partition coefficient (Wildman–Crippen LogP) is 14.6. The molecule has 11 rings (SSSR count). The smallest absolute Gasteiger partial charge is 0.159 e. The monoisotopic (exact) mass is 667 g/mol. The van der Waals surface area contributed by atoms with Crippen LogP contribution in [-0.4, -0.2) is 0 Å². The van der Waals surface area contributed by atoms with Crippen molar-refractivity contribution in [2.45, 2.75) is 0 Å². The second-order valence-electron chi connectivity index (χ2n) is 13.3. The van der Waals surface area contributed by atoms with Crippen molar-refractivity contribution in [3.05, 3.63) is 176 Å². The molecule has 0 spiro atoms. The van der Waals surface area contributed by atoms with Gasteiger partial charge in [0.2, 0.25) is 0 Å². The molecule has 0 N–H and O–H groups in total. The largest absolute Gasteiger partial charge is 0.454 e. The van der Waals surface area contributed by atoms with Crippen molar-refractivity contribution in [2.75, 3.05) is 4.90 Å². The Bertz CT molecular complexity index is 3140. The number of nitrogens with zero attached hydrogens (tertiary/aromatic N) is 1. The molecule has 0 radical (unpaired) electrons. The number of anilines is 3. The van der Waals surface area contributed by atoms with Crippen LogP contribution in [0.25, 0.3) is 85.6 Å². The first kappa shape index (κ1) is 28.4. The lowest BCUT2D eigenvalue weighted by Crippen LogP contribution is -2.10. The summed E-state index contributed by atoms with van der Waals surface area (Å²) in [6.45, 7) is 0. The van der Waals surface area contributed by atoms with Crippen LogP contribution in [0.2, 0.25) is 0 Å². The molecule has 0 unspecified atom stereocenters. The molecule has 51 heavy (non-hydrogen) atoms. The first-order chi connectivity index (χ1) is 25.3. The molecule has 0 fully saturated rings. The second kappa shape index (κ2) is 11.0. The van der Waals surface area contributed by atoms with E-state index >= 15 is 0 Å². The summed E-state index contributed by atoms with van der Waals surface area (Å²) in [5.74, 6) is 0. The summed E-state index contributed by atoms with van der Waals surface area (Å²) in [5, 5.41) is 12.3. The molecule has 0 saturated carbocycles. The fraction of sp³-hybridized carbons (Fsp3) is 0. The molecule has 0 aliphatic carbocycles. The van der Waals surface area contributed by atoms with Gasteiger partial charge in [-0.3, -0.25) is 0 Å². The minimum atomic E-state index is 0.883. The van der Waals surface area contributed by atoms with Crippen LogP contribution in [0.15, 0.2) is 180 Å². The molecule has 0 bridgehead atoms. The van der Waals surface area contributed by atoms with Crippen LogP contribution in [0, 0.1) is 0 Å². The van der Waals surface area contributed by atoms with Gasteiger partial charge in [0.25, 0.3) is 0 Å². The summed E-state index contributed by atoms with van der Waals surface area (Å²) in [6, 6.07) is 63.6. The van der Waals surface area contributed by atoms with Crippen LogP contribution in [0.1, 0.15) is 0 Å². The van der Waals surface area contributed by atoms with Crippen molar-refractivity contribution < 1.29 is 4.42 Å². The molecule has 9 aromatic carbocycles. The number of furan rings is 1. The molecular weight excluding hydrogens is 639 g/mol. The maximum absolute atomic E-state index is 6.90. The SMILES string of the molecule is c1ccc2cc(-c3ccc(N(c4cccc5ccccc45)c4cccc5c4oc4ccc6c7cc8ccccc8cc7sc6c45)cc3)ccc2c1. The highest BCUT2D eigenvalue weighted by atomic mass is 32.1. The van der Waals surface area contributed by atoms with E-state index in [1.165, 1.54) is 69.0 Å². The Morgan fingerprint density at radius 2 is 1.06 bits per heavy atom. The summed E-state index contributed by atoms with van der Waals surface area (Å²) in [4.78, 5) is 2.37. The topological polar surface area (TPSA) is 16.4 Å². The van der Waals surface area contributed by atoms with Crippen molar-refractivity contribution in [1.82, 2.24) is 0 Å². The number of rotatable bonds is 4. The highest BCUT2D eigenvalue weighted by Gasteiger charge is 2.22. The summed E-state index contributed by atoms with van der Waals surface area (Å²) in [6.07, 6.45) is 0. The van der Waals surface area contributed by atoms with E-state index in [1.807, 2.05) is 11.3 Å². The van der Waals surface area contributed by atoms with E-state index in [-0.39, 0.29) is 0 Å². The number of para-hydroxylation sites is 1. The third-order valence-corrected chi connectivity index (χ3v) is 11.6. The van der Waals surface area contributed by atoms with Crippen LogP contribution in [0.4, 0.5) is 17.1 Å². The number of fused-ring (bicyclic) bond motifs is 10. The van der Waals surface area contributed by atoms with Crippen LogP contribution in [0.5, 0.6) is 0 Å². The van der Waals surface area contributed by atoms with E-state index in [2.05, 4.69) is 181 Å². The molecule has 0 aliphatic heterocycles. The highest BCUT2D eigenvalue weighted by molar-refractivity contribution is 7.26. The Hall–Kier alpha value is -6.42. The number of benzene rings is 9. The molecule has 2 nitrogen and oxygen atoms in total. The summed E-state index contributed by atoms with van der Waals surface area (Å²) in [7, 11) is 0. The van der Waals surface area contributed by atoms with E-state index in [9.17, 15) is 0 Å². The lowest BCUT2D eigenvalue weighted by atomic mass is 10.0. The number of thiophene rings is 1. The summed E-state index contributed by atoms with van der Waals surface area (Å²) >= 11 is 1.86. The quantitative estimate of drug-likeness (QED) is 0.186. The van der Waals surface area contributed by atoms with E-state index in [0.717, 1.165) is 33.6 Å². The zero-order valence-electron chi connectivity index (χ0n) is 27.5. The fourth-order valence-electron chi connectivity index (χ4n) is 7.95. The maximum atomic E-state index is 6.90.